The number of aromatic nitrogens is 1. The van der Waals surface area contributed by atoms with Crippen molar-refractivity contribution < 1.29 is 9.90 Å². The van der Waals surface area contributed by atoms with Crippen molar-refractivity contribution in [3.05, 3.63) is 24.0 Å². The maximum atomic E-state index is 11.1. The molecule has 2 rings (SSSR count). The lowest BCUT2D eigenvalue weighted by atomic mass is 10.0. The fraction of sp³-hybridized carbons (Fsp3) is 0.400. The van der Waals surface area contributed by atoms with E-state index in [9.17, 15) is 4.79 Å². The molecular formula is C10H13N3O2. The highest BCUT2D eigenvalue weighted by Gasteiger charge is 2.33. The summed E-state index contributed by atoms with van der Waals surface area (Å²) < 4.78 is 0. The third-order valence-corrected chi connectivity index (χ3v) is 2.67. The third kappa shape index (κ3) is 1.66. The van der Waals surface area contributed by atoms with E-state index in [1.165, 1.54) is 0 Å². The van der Waals surface area contributed by atoms with Crippen LogP contribution >= 0.6 is 0 Å². The Morgan fingerprint density at radius 2 is 2.53 bits per heavy atom. The van der Waals surface area contributed by atoms with Gasteiger partial charge in [-0.05, 0) is 18.6 Å². The number of nitrogens with two attached hydrogens (primary N) is 1. The van der Waals surface area contributed by atoms with Crippen LogP contribution in [0.2, 0.25) is 0 Å². The van der Waals surface area contributed by atoms with Crippen molar-refractivity contribution in [1.82, 2.24) is 4.98 Å². The number of pyridine rings is 1. The van der Waals surface area contributed by atoms with Gasteiger partial charge in [-0.15, -0.1) is 0 Å². The number of anilines is 1. The number of amides is 1. The largest absolute Gasteiger partial charge is 0.390 e. The maximum Gasteiger partial charge on any atom is 0.240 e. The summed E-state index contributed by atoms with van der Waals surface area (Å²) in [7, 11) is 0. The van der Waals surface area contributed by atoms with Crippen molar-refractivity contribution in [3.8, 4) is 0 Å². The van der Waals surface area contributed by atoms with Gasteiger partial charge in [0.05, 0.1) is 18.0 Å². The molecular weight excluding hydrogens is 194 g/mol. The molecule has 0 radical (unpaired) electrons. The second kappa shape index (κ2) is 3.86. The zero-order valence-corrected chi connectivity index (χ0v) is 8.26. The molecule has 1 unspecified atom stereocenters. The molecule has 2 heterocycles. The van der Waals surface area contributed by atoms with Gasteiger partial charge in [0.1, 0.15) is 6.04 Å². The predicted molar refractivity (Wildman–Crippen MR) is 55.1 cm³/mol. The number of aliphatic hydroxyl groups is 1. The molecule has 3 N–H and O–H groups in total. The molecule has 0 aliphatic carbocycles. The minimum atomic E-state index is -0.325. The van der Waals surface area contributed by atoms with Gasteiger partial charge in [0.25, 0.3) is 0 Å². The van der Waals surface area contributed by atoms with E-state index in [0.29, 0.717) is 5.69 Å². The normalized spacial score (nSPS) is 19.8. The number of hydrogen-bond acceptors (Lipinski definition) is 4. The molecule has 5 nitrogen and oxygen atoms in total. The standard InChI is InChI=1S/C10H13N3O2/c11-10(15)9-3-5-13(9)8-2-1-4-12-7(8)6-14/h1-2,4,9,14H,3,5-6H2,(H2,11,15). The Bertz CT molecular complexity index is 381. The Balaban J connectivity index is 2.26. The van der Waals surface area contributed by atoms with Crippen molar-refractivity contribution in [2.75, 3.05) is 11.4 Å². The molecule has 80 valence electrons. The summed E-state index contributed by atoms with van der Waals surface area (Å²) in [5, 5.41) is 9.11. The molecule has 1 atom stereocenters. The first-order valence-electron chi connectivity index (χ1n) is 4.84. The van der Waals surface area contributed by atoms with Crippen LogP contribution in [0.15, 0.2) is 18.3 Å². The van der Waals surface area contributed by atoms with Crippen LogP contribution in [0.25, 0.3) is 0 Å². The van der Waals surface area contributed by atoms with Crippen LogP contribution in [0.1, 0.15) is 12.1 Å². The minimum absolute atomic E-state index is 0.127. The van der Waals surface area contributed by atoms with Gasteiger partial charge >= 0.3 is 0 Å². The van der Waals surface area contributed by atoms with Gasteiger partial charge in [-0.1, -0.05) is 0 Å². The molecule has 5 heteroatoms. The first-order chi connectivity index (χ1) is 7.24. The highest BCUT2D eigenvalue weighted by molar-refractivity contribution is 5.85. The number of aliphatic hydroxyl groups excluding tert-OH is 1. The van der Waals surface area contributed by atoms with Crippen LogP contribution in [0, 0.1) is 0 Å². The fourth-order valence-electron chi connectivity index (χ4n) is 1.78. The Morgan fingerprint density at radius 1 is 1.73 bits per heavy atom. The Labute approximate surface area is 87.5 Å². The van der Waals surface area contributed by atoms with Crippen LogP contribution in [-0.4, -0.2) is 28.6 Å². The van der Waals surface area contributed by atoms with Crippen LogP contribution in [0.3, 0.4) is 0 Å². The van der Waals surface area contributed by atoms with Crippen LogP contribution < -0.4 is 10.6 Å². The van der Waals surface area contributed by atoms with E-state index >= 15 is 0 Å². The molecule has 1 saturated heterocycles. The van der Waals surface area contributed by atoms with Crippen molar-refractivity contribution in [2.45, 2.75) is 19.1 Å². The highest BCUT2D eigenvalue weighted by Crippen LogP contribution is 2.28. The number of carbonyl (C=O) groups is 1. The third-order valence-electron chi connectivity index (χ3n) is 2.67. The van der Waals surface area contributed by atoms with Crippen molar-refractivity contribution in [2.24, 2.45) is 5.73 Å². The molecule has 1 aromatic rings. The van der Waals surface area contributed by atoms with Crippen LogP contribution in [0.4, 0.5) is 5.69 Å². The van der Waals surface area contributed by atoms with Crippen LogP contribution in [0.5, 0.6) is 0 Å². The summed E-state index contributed by atoms with van der Waals surface area (Å²) in [4.78, 5) is 17.0. The average molecular weight is 207 g/mol. The molecule has 1 aromatic heterocycles. The fourth-order valence-corrected chi connectivity index (χ4v) is 1.78. The van der Waals surface area contributed by atoms with Crippen molar-refractivity contribution in [3.63, 3.8) is 0 Å². The topological polar surface area (TPSA) is 79.5 Å². The van der Waals surface area contributed by atoms with Crippen molar-refractivity contribution >= 4 is 11.6 Å². The monoisotopic (exact) mass is 207 g/mol. The Kier molecular flexibility index (Phi) is 2.55. The van der Waals surface area contributed by atoms with E-state index in [-0.39, 0.29) is 18.6 Å². The van der Waals surface area contributed by atoms with E-state index in [1.807, 2.05) is 11.0 Å². The summed E-state index contributed by atoms with van der Waals surface area (Å²) >= 11 is 0. The van der Waals surface area contributed by atoms with E-state index < -0.39 is 0 Å². The first kappa shape index (κ1) is 9.92. The summed E-state index contributed by atoms with van der Waals surface area (Å²) in [5.74, 6) is -0.325. The highest BCUT2D eigenvalue weighted by atomic mass is 16.3. The molecule has 1 amide bonds. The number of carbonyl (C=O) groups excluding carboxylic acids is 1. The number of primary amides is 1. The minimum Gasteiger partial charge on any atom is -0.390 e. The van der Waals surface area contributed by atoms with E-state index in [1.54, 1.807) is 12.3 Å². The summed E-state index contributed by atoms with van der Waals surface area (Å²) in [6.07, 6.45) is 2.39. The first-order valence-corrected chi connectivity index (χ1v) is 4.84. The number of hydrogen-bond donors (Lipinski definition) is 2. The molecule has 1 fully saturated rings. The smallest absolute Gasteiger partial charge is 0.240 e. The second-order valence-electron chi connectivity index (χ2n) is 3.53. The summed E-state index contributed by atoms with van der Waals surface area (Å²) in [6, 6.07) is 3.37. The van der Waals surface area contributed by atoms with Crippen LogP contribution in [-0.2, 0) is 11.4 Å². The summed E-state index contributed by atoms with van der Waals surface area (Å²) in [6.45, 7) is 0.657. The molecule has 1 aliphatic heterocycles. The van der Waals surface area contributed by atoms with Gasteiger partial charge in [0, 0.05) is 12.7 Å². The molecule has 0 aromatic carbocycles. The lowest BCUT2D eigenvalue weighted by Crippen LogP contribution is -2.55. The SMILES string of the molecule is NC(=O)C1CCN1c1cccnc1CO. The number of nitrogens with zero attached hydrogens (tertiary/aromatic N) is 2. The lowest BCUT2D eigenvalue weighted by molar-refractivity contribution is -0.120. The van der Waals surface area contributed by atoms with Gasteiger partial charge < -0.3 is 15.7 Å². The zero-order valence-electron chi connectivity index (χ0n) is 8.26. The molecule has 0 spiro atoms. The molecule has 1 aliphatic rings. The predicted octanol–water partition coefficient (Wildman–Crippen LogP) is -0.362. The number of rotatable bonds is 3. The van der Waals surface area contributed by atoms with Gasteiger partial charge in [-0.3, -0.25) is 9.78 Å². The lowest BCUT2D eigenvalue weighted by Gasteiger charge is -2.41. The second-order valence-corrected chi connectivity index (χ2v) is 3.53. The van der Waals surface area contributed by atoms with Gasteiger partial charge in [-0.2, -0.15) is 0 Å². The van der Waals surface area contributed by atoms with Gasteiger partial charge in [0.15, 0.2) is 0 Å². The summed E-state index contributed by atoms with van der Waals surface area (Å²) in [5.41, 5.74) is 6.64. The zero-order chi connectivity index (χ0) is 10.8. The average Bonchev–Trinajstić information content (AvgIpc) is 2.16. The Hall–Kier alpha value is -1.62. The van der Waals surface area contributed by atoms with Gasteiger partial charge in [0.2, 0.25) is 5.91 Å². The molecule has 15 heavy (non-hydrogen) atoms. The Morgan fingerprint density at radius 3 is 3.07 bits per heavy atom. The van der Waals surface area contributed by atoms with Crippen molar-refractivity contribution in [1.29, 1.82) is 0 Å². The molecule has 0 saturated carbocycles. The van der Waals surface area contributed by atoms with E-state index in [4.69, 9.17) is 10.8 Å². The molecule has 0 bridgehead atoms. The van der Waals surface area contributed by atoms with Gasteiger partial charge in [-0.25, -0.2) is 0 Å². The quantitative estimate of drug-likeness (QED) is 0.709. The maximum absolute atomic E-state index is 11.1. The van der Waals surface area contributed by atoms with E-state index in [0.717, 1.165) is 18.7 Å². The van der Waals surface area contributed by atoms with E-state index in [2.05, 4.69) is 4.98 Å².